The van der Waals surface area contributed by atoms with Crippen molar-refractivity contribution in [2.45, 2.75) is 6.92 Å². The standard InChI is InChI=1S/C14H11BrN2/c1-10-2-5-12(15)8-14(10)17-13-6-3-11(9-16)4-7-13/h2-8,17H,1H3. The number of anilines is 2. The molecule has 0 atom stereocenters. The first-order chi connectivity index (χ1) is 8.19. The zero-order chi connectivity index (χ0) is 12.3. The van der Waals surface area contributed by atoms with Crippen LogP contribution >= 0.6 is 15.9 Å². The molecule has 0 heterocycles. The average molecular weight is 287 g/mol. The summed E-state index contributed by atoms with van der Waals surface area (Å²) in [5.41, 5.74) is 3.88. The first kappa shape index (κ1) is 11.7. The highest BCUT2D eigenvalue weighted by molar-refractivity contribution is 9.10. The Bertz CT molecular complexity index is 568. The zero-order valence-corrected chi connectivity index (χ0v) is 11.0. The smallest absolute Gasteiger partial charge is 0.0991 e. The fraction of sp³-hybridized carbons (Fsp3) is 0.0714. The molecule has 0 spiro atoms. The molecule has 0 radical (unpaired) electrons. The molecule has 17 heavy (non-hydrogen) atoms. The Morgan fingerprint density at radius 1 is 1.12 bits per heavy atom. The summed E-state index contributed by atoms with van der Waals surface area (Å²) < 4.78 is 1.04. The van der Waals surface area contributed by atoms with Crippen molar-refractivity contribution in [1.29, 1.82) is 5.26 Å². The van der Waals surface area contributed by atoms with Gasteiger partial charge in [0, 0.05) is 15.8 Å². The molecule has 0 aromatic heterocycles. The fourth-order valence-electron chi connectivity index (χ4n) is 1.51. The third-order valence-electron chi connectivity index (χ3n) is 2.49. The van der Waals surface area contributed by atoms with Gasteiger partial charge >= 0.3 is 0 Å². The molecule has 2 aromatic rings. The third kappa shape index (κ3) is 2.86. The minimum atomic E-state index is 0.668. The summed E-state index contributed by atoms with van der Waals surface area (Å²) in [6, 6.07) is 15.6. The van der Waals surface area contributed by atoms with Gasteiger partial charge in [-0.2, -0.15) is 5.26 Å². The summed E-state index contributed by atoms with van der Waals surface area (Å²) in [6.07, 6.45) is 0. The Morgan fingerprint density at radius 3 is 2.47 bits per heavy atom. The Hall–Kier alpha value is -1.79. The van der Waals surface area contributed by atoms with E-state index in [1.54, 1.807) is 12.1 Å². The maximum absolute atomic E-state index is 8.72. The monoisotopic (exact) mass is 286 g/mol. The molecule has 1 N–H and O–H groups in total. The van der Waals surface area contributed by atoms with Gasteiger partial charge < -0.3 is 5.32 Å². The van der Waals surface area contributed by atoms with Crippen molar-refractivity contribution in [3.63, 3.8) is 0 Å². The van der Waals surface area contributed by atoms with Crippen LogP contribution in [0, 0.1) is 18.3 Å². The van der Waals surface area contributed by atoms with Crippen LogP contribution in [0.15, 0.2) is 46.9 Å². The molecule has 0 bridgehead atoms. The number of nitriles is 1. The number of rotatable bonds is 2. The van der Waals surface area contributed by atoms with E-state index in [1.165, 1.54) is 5.56 Å². The lowest BCUT2D eigenvalue weighted by Crippen LogP contribution is -1.93. The lowest BCUT2D eigenvalue weighted by atomic mass is 10.2. The van der Waals surface area contributed by atoms with Gasteiger partial charge in [0.25, 0.3) is 0 Å². The van der Waals surface area contributed by atoms with Gasteiger partial charge in [-0.25, -0.2) is 0 Å². The molecule has 0 aliphatic heterocycles. The van der Waals surface area contributed by atoms with Gasteiger partial charge in [-0.1, -0.05) is 22.0 Å². The highest BCUT2D eigenvalue weighted by atomic mass is 79.9. The molecule has 0 aliphatic rings. The Morgan fingerprint density at radius 2 is 1.82 bits per heavy atom. The SMILES string of the molecule is Cc1ccc(Br)cc1Nc1ccc(C#N)cc1. The zero-order valence-electron chi connectivity index (χ0n) is 9.37. The van der Waals surface area contributed by atoms with Crippen LogP contribution in [-0.2, 0) is 0 Å². The molecule has 0 saturated heterocycles. The van der Waals surface area contributed by atoms with E-state index in [4.69, 9.17) is 5.26 Å². The average Bonchev–Trinajstić information content (AvgIpc) is 2.35. The molecular weight excluding hydrogens is 276 g/mol. The highest BCUT2D eigenvalue weighted by Crippen LogP contribution is 2.24. The van der Waals surface area contributed by atoms with Gasteiger partial charge in [0.05, 0.1) is 11.6 Å². The van der Waals surface area contributed by atoms with Crippen LogP contribution in [0.4, 0.5) is 11.4 Å². The van der Waals surface area contributed by atoms with E-state index in [0.29, 0.717) is 5.56 Å². The molecule has 2 rings (SSSR count). The largest absolute Gasteiger partial charge is 0.355 e. The third-order valence-corrected chi connectivity index (χ3v) is 2.99. The van der Waals surface area contributed by atoms with Crippen LogP contribution in [0.3, 0.4) is 0 Å². The number of aryl methyl sites for hydroxylation is 1. The molecule has 0 aliphatic carbocycles. The predicted octanol–water partition coefficient (Wildman–Crippen LogP) is 4.37. The van der Waals surface area contributed by atoms with Crippen molar-refractivity contribution in [1.82, 2.24) is 0 Å². The molecule has 3 heteroatoms. The maximum atomic E-state index is 8.72. The summed E-state index contributed by atoms with van der Waals surface area (Å²) in [6.45, 7) is 2.05. The lowest BCUT2D eigenvalue weighted by molar-refractivity contribution is 1.41. The number of benzene rings is 2. The molecule has 0 unspecified atom stereocenters. The lowest BCUT2D eigenvalue weighted by Gasteiger charge is -2.10. The van der Waals surface area contributed by atoms with Crippen LogP contribution in [0.2, 0.25) is 0 Å². The first-order valence-corrected chi connectivity index (χ1v) is 6.01. The summed E-state index contributed by atoms with van der Waals surface area (Å²) in [5.74, 6) is 0. The number of hydrogen-bond acceptors (Lipinski definition) is 2. The second-order valence-corrected chi connectivity index (χ2v) is 4.69. The number of nitrogens with zero attached hydrogens (tertiary/aromatic N) is 1. The van der Waals surface area contributed by atoms with E-state index < -0.39 is 0 Å². The topological polar surface area (TPSA) is 35.8 Å². The molecule has 2 nitrogen and oxygen atoms in total. The van der Waals surface area contributed by atoms with E-state index in [2.05, 4.69) is 40.3 Å². The quantitative estimate of drug-likeness (QED) is 0.890. The summed E-state index contributed by atoms with van der Waals surface area (Å²) >= 11 is 3.45. The van der Waals surface area contributed by atoms with Crippen molar-refractivity contribution < 1.29 is 0 Å². The van der Waals surface area contributed by atoms with E-state index in [1.807, 2.05) is 24.3 Å². The number of hydrogen-bond donors (Lipinski definition) is 1. The first-order valence-electron chi connectivity index (χ1n) is 5.22. The van der Waals surface area contributed by atoms with Crippen LogP contribution in [0.5, 0.6) is 0 Å². The Balaban J connectivity index is 2.25. The minimum absolute atomic E-state index is 0.668. The van der Waals surface area contributed by atoms with Gasteiger partial charge in [0.1, 0.15) is 0 Å². The van der Waals surface area contributed by atoms with Crippen molar-refractivity contribution in [3.8, 4) is 6.07 Å². The second-order valence-electron chi connectivity index (χ2n) is 3.77. The van der Waals surface area contributed by atoms with Crippen molar-refractivity contribution >= 4 is 27.3 Å². The van der Waals surface area contributed by atoms with E-state index in [0.717, 1.165) is 15.8 Å². The van der Waals surface area contributed by atoms with Crippen LogP contribution in [0.25, 0.3) is 0 Å². The Labute approximate surface area is 109 Å². The molecule has 0 saturated carbocycles. The van der Waals surface area contributed by atoms with Gasteiger partial charge in [0.15, 0.2) is 0 Å². The van der Waals surface area contributed by atoms with Gasteiger partial charge in [-0.15, -0.1) is 0 Å². The normalized spacial score (nSPS) is 9.71. The van der Waals surface area contributed by atoms with Crippen LogP contribution in [-0.4, -0.2) is 0 Å². The molecule has 84 valence electrons. The Kier molecular flexibility index (Phi) is 3.46. The summed E-state index contributed by atoms with van der Waals surface area (Å²) in [5, 5.41) is 12.0. The summed E-state index contributed by atoms with van der Waals surface area (Å²) in [7, 11) is 0. The van der Waals surface area contributed by atoms with E-state index >= 15 is 0 Å². The van der Waals surface area contributed by atoms with Gasteiger partial charge in [-0.05, 0) is 48.9 Å². The highest BCUT2D eigenvalue weighted by Gasteiger charge is 2.00. The number of nitrogens with one attached hydrogen (secondary N) is 1. The predicted molar refractivity (Wildman–Crippen MR) is 73.3 cm³/mol. The molecular formula is C14H11BrN2. The molecule has 0 amide bonds. The van der Waals surface area contributed by atoms with Crippen LogP contribution in [0.1, 0.15) is 11.1 Å². The van der Waals surface area contributed by atoms with Gasteiger partial charge in [-0.3, -0.25) is 0 Å². The number of halogens is 1. The van der Waals surface area contributed by atoms with Crippen LogP contribution < -0.4 is 5.32 Å². The fourth-order valence-corrected chi connectivity index (χ4v) is 1.87. The van der Waals surface area contributed by atoms with E-state index in [-0.39, 0.29) is 0 Å². The maximum Gasteiger partial charge on any atom is 0.0991 e. The summed E-state index contributed by atoms with van der Waals surface area (Å²) in [4.78, 5) is 0. The minimum Gasteiger partial charge on any atom is -0.355 e. The van der Waals surface area contributed by atoms with Crippen molar-refractivity contribution in [3.05, 3.63) is 58.1 Å². The molecule has 2 aromatic carbocycles. The van der Waals surface area contributed by atoms with E-state index in [9.17, 15) is 0 Å². The van der Waals surface area contributed by atoms with Crippen molar-refractivity contribution in [2.24, 2.45) is 0 Å². The molecule has 0 fully saturated rings. The van der Waals surface area contributed by atoms with Gasteiger partial charge in [0.2, 0.25) is 0 Å². The second kappa shape index (κ2) is 5.03. The van der Waals surface area contributed by atoms with Crippen molar-refractivity contribution in [2.75, 3.05) is 5.32 Å².